The molecule has 2 N–H and O–H groups in total. The summed E-state index contributed by atoms with van der Waals surface area (Å²) in [6, 6.07) is 5.74. The van der Waals surface area contributed by atoms with Crippen LogP contribution in [-0.2, 0) is 0 Å². The Morgan fingerprint density at radius 2 is 2.10 bits per heavy atom. The lowest BCUT2D eigenvalue weighted by atomic mass is 10.1. The summed E-state index contributed by atoms with van der Waals surface area (Å²) in [5.41, 5.74) is 1.56. The van der Waals surface area contributed by atoms with Crippen molar-refractivity contribution in [3.63, 3.8) is 0 Å². The van der Waals surface area contributed by atoms with Crippen LogP contribution in [0.4, 0.5) is 15.1 Å². The smallest absolute Gasteiger partial charge is 0.324 e. The highest BCUT2D eigenvalue weighted by Gasteiger charge is 2.23. The number of aryl methyl sites for hydroxylation is 1. The molecule has 152 valence electrons. The average molecular weight is 398 g/mol. The second-order valence-electron chi connectivity index (χ2n) is 7.05. The minimum atomic E-state index is -0.377. The zero-order chi connectivity index (χ0) is 20.2. The zero-order valence-electron chi connectivity index (χ0n) is 16.2. The number of amides is 2. The summed E-state index contributed by atoms with van der Waals surface area (Å²) in [4.78, 5) is 27.1. The van der Waals surface area contributed by atoms with E-state index in [1.165, 1.54) is 0 Å². The minimum absolute atomic E-state index is 0.227. The molecule has 0 aliphatic carbocycles. The molecule has 9 heteroatoms. The van der Waals surface area contributed by atoms with Crippen LogP contribution in [0.3, 0.4) is 0 Å². The Labute approximate surface area is 167 Å². The van der Waals surface area contributed by atoms with E-state index >= 15 is 0 Å². The lowest BCUT2D eigenvalue weighted by Gasteiger charge is -2.32. The number of carbonyl (C=O) groups is 1. The molecule has 1 aliphatic heterocycles. The van der Waals surface area contributed by atoms with E-state index in [9.17, 15) is 9.18 Å². The number of benzene rings is 1. The van der Waals surface area contributed by atoms with Gasteiger partial charge in [0.15, 0.2) is 11.7 Å². The summed E-state index contributed by atoms with van der Waals surface area (Å²) in [5, 5.41) is 6.79. The van der Waals surface area contributed by atoms with E-state index in [1.807, 2.05) is 18.2 Å². The number of rotatable bonds is 5. The van der Waals surface area contributed by atoms with E-state index < -0.39 is 0 Å². The number of hydrogen-bond donors (Lipinski definition) is 2. The number of likely N-dealkylation sites (tertiary alicyclic amines) is 1. The standard InChI is InChI=1S/C20H23FN6O2/c1-13-23-12-18(29-13)14-2-3-15-11-24-19(25-17(15)10-14)26-20(28)27-8-4-16(5-9-27)22-7-6-21/h2-3,10-12,16,22H,4-9H2,1H3,(H,24,25,26,28). The van der Waals surface area contributed by atoms with Crippen molar-refractivity contribution in [1.29, 1.82) is 0 Å². The fourth-order valence-corrected chi connectivity index (χ4v) is 3.45. The van der Waals surface area contributed by atoms with Gasteiger partial charge in [0.2, 0.25) is 5.95 Å². The van der Waals surface area contributed by atoms with Crippen LogP contribution < -0.4 is 10.6 Å². The second kappa shape index (κ2) is 8.52. The predicted molar refractivity (Wildman–Crippen MR) is 107 cm³/mol. The topological polar surface area (TPSA) is 96.2 Å². The fraction of sp³-hybridized carbons (Fsp3) is 0.400. The molecule has 2 aromatic heterocycles. The van der Waals surface area contributed by atoms with E-state index in [0.717, 1.165) is 23.8 Å². The summed E-state index contributed by atoms with van der Waals surface area (Å²) in [7, 11) is 0. The summed E-state index contributed by atoms with van der Waals surface area (Å²) < 4.78 is 17.8. The number of urea groups is 1. The molecule has 0 unspecified atom stereocenters. The number of hydrogen-bond acceptors (Lipinski definition) is 6. The van der Waals surface area contributed by atoms with E-state index in [2.05, 4.69) is 25.6 Å². The molecule has 1 saturated heterocycles. The van der Waals surface area contributed by atoms with Gasteiger partial charge >= 0.3 is 6.03 Å². The molecule has 1 fully saturated rings. The number of carbonyl (C=O) groups excluding carboxylic acids is 1. The number of anilines is 1. The van der Waals surface area contributed by atoms with Crippen LogP contribution >= 0.6 is 0 Å². The second-order valence-corrected chi connectivity index (χ2v) is 7.05. The molecule has 8 nitrogen and oxygen atoms in total. The van der Waals surface area contributed by atoms with Crippen LogP contribution in [0.2, 0.25) is 0 Å². The Bertz CT molecular complexity index is 1000. The Morgan fingerprint density at radius 3 is 2.83 bits per heavy atom. The van der Waals surface area contributed by atoms with Gasteiger partial charge in [-0.1, -0.05) is 12.1 Å². The predicted octanol–water partition coefficient (Wildman–Crippen LogP) is 3.15. The van der Waals surface area contributed by atoms with Gasteiger partial charge in [-0.15, -0.1) is 0 Å². The molecule has 0 radical (unpaired) electrons. The maximum Gasteiger partial charge on any atom is 0.324 e. The van der Waals surface area contributed by atoms with Crippen LogP contribution in [0.15, 0.2) is 35.0 Å². The third kappa shape index (κ3) is 4.51. The largest absolute Gasteiger partial charge is 0.441 e. The number of oxazole rings is 1. The molecule has 29 heavy (non-hydrogen) atoms. The van der Waals surface area contributed by atoms with Crippen molar-refractivity contribution < 1.29 is 13.6 Å². The number of nitrogens with zero attached hydrogens (tertiary/aromatic N) is 4. The van der Waals surface area contributed by atoms with Crippen molar-refractivity contribution >= 4 is 22.9 Å². The van der Waals surface area contributed by atoms with Crippen molar-refractivity contribution in [3.05, 3.63) is 36.5 Å². The number of piperidine rings is 1. The Kier molecular flexibility index (Phi) is 5.66. The molecule has 0 spiro atoms. The van der Waals surface area contributed by atoms with Crippen LogP contribution in [0.1, 0.15) is 18.7 Å². The molecule has 0 bridgehead atoms. The molecule has 0 atom stereocenters. The number of nitrogens with one attached hydrogen (secondary N) is 2. The van der Waals surface area contributed by atoms with Crippen LogP contribution in [0.5, 0.6) is 0 Å². The zero-order valence-corrected chi connectivity index (χ0v) is 16.2. The Balaban J connectivity index is 1.43. The average Bonchev–Trinajstić information content (AvgIpc) is 3.18. The quantitative estimate of drug-likeness (QED) is 0.685. The van der Waals surface area contributed by atoms with Crippen molar-refractivity contribution in [2.24, 2.45) is 0 Å². The molecule has 1 aliphatic rings. The van der Waals surface area contributed by atoms with Gasteiger partial charge in [0.05, 0.1) is 11.7 Å². The van der Waals surface area contributed by atoms with E-state index in [4.69, 9.17) is 4.42 Å². The van der Waals surface area contributed by atoms with Crippen molar-refractivity contribution in [3.8, 4) is 11.3 Å². The van der Waals surface area contributed by atoms with Gasteiger partial charge in [-0.25, -0.2) is 24.1 Å². The molecule has 2 amide bonds. The van der Waals surface area contributed by atoms with Gasteiger partial charge in [0.1, 0.15) is 6.67 Å². The molecular formula is C20H23FN6O2. The van der Waals surface area contributed by atoms with Gasteiger partial charge in [0, 0.05) is 49.7 Å². The number of aromatic nitrogens is 3. The first-order chi connectivity index (χ1) is 14.1. The first-order valence-corrected chi connectivity index (χ1v) is 9.67. The lowest BCUT2D eigenvalue weighted by Crippen LogP contribution is -2.46. The molecular weight excluding hydrogens is 375 g/mol. The van der Waals surface area contributed by atoms with Gasteiger partial charge in [-0.05, 0) is 18.9 Å². The van der Waals surface area contributed by atoms with Crippen molar-refractivity contribution in [2.75, 3.05) is 31.6 Å². The highest BCUT2D eigenvalue weighted by Crippen LogP contribution is 2.24. The fourth-order valence-electron chi connectivity index (χ4n) is 3.45. The Morgan fingerprint density at radius 1 is 1.28 bits per heavy atom. The van der Waals surface area contributed by atoms with E-state index in [-0.39, 0.29) is 24.7 Å². The Hall–Kier alpha value is -3.07. The van der Waals surface area contributed by atoms with Gasteiger partial charge in [-0.2, -0.15) is 0 Å². The van der Waals surface area contributed by atoms with Crippen LogP contribution in [0.25, 0.3) is 22.2 Å². The first kappa shape index (κ1) is 19.3. The van der Waals surface area contributed by atoms with Crippen LogP contribution in [-0.4, -0.2) is 58.2 Å². The third-order valence-corrected chi connectivity index (χ3v) is 5.02. The van der Waals surface area contributed by atoms with Crippen molar-refractivity contribution in [2.45, 2.75) is 25.8 Å². The van der Waals surface area contributed by atoms with Crippen molar-refractivity contribution in [1.82, 2.24) is 25.2 Å². The maximum absolute atomic E-state index is 12.5. The summed E-state index contributed by atoms with van der Waals surface area (Å²) in [6.45, 7) is 2.99. The molecule has 3 aromatic rings. The summed E-state index contributed by atoms with van der Waals surface area (Å²) in [6.07, 6.45) is 4.95. The molecule has 0 saturated carbocycles. The van der Waals surface area contributed by atoms with Gasteiger partial charge < -0.3 is 14.6 Å². The summed E-state index contributed by atoms with van der Waals surface area (Å²) in [5.74, 6) is 1.52. The molecule has 4 rings (SSSR count). The molecule has 1 aromatic carbocycles. The monoisotopic (exact) mass is 398 g/mol. The van der Waals surface area contributed by atoms with Crippen LogP contribution in [0, 0.1) is 6.92 Å². The maximum atomic E-state index is 12.5. The normalized spacial score (nSPS) is 15.0. The third-order valence-electron chi connectivity index (χ3n) is 5.02. The van der Waals surface area contributed by atoms with Gasteiger partial charge in [0.25, 0.3) is 0 Å². The summed E-state index contributed by atoms with van der Waals surface area (Å²) >= 11 is 0. The van der Waals surface area contributed by atoms with E-state index in [1.54, 1.807) is 24.2 Å². The van der Waals surface area contributed by atoms with Gasteiger partial charge in [-0.3, -0.25) is 5.32 Å². The molecule has 3 heterocycles. The minimum Gasteiger partial charge on any atom is -0.441 e. The highest BCUT2D eigenvalue weighted by molar-refractivity contribution is 5.89. The van der Waals surface area contributed by atoms with E-state index in [0.29, 0.717) is 36.8 Å². The SMILES string of the molecule is Cc1ncc(-c2ccc3cnc(NC(=O)N4CCC(NCCF)CC4)nc3c2)o1. The highest BCUT2D eigenvalue weighted by atomic mass is 19.1. The first-order valence-electron chi connectivity index (χ1n) is 9.67. The number of alkyl halides is 1. The number of halogens is 1. The lowest BCUT2D eigenvalue weighted by molar-refractivity contribution is 0.188. The number of fused-ring (bicyclic) bond motifs is 1.